The highest BCUT2D eigenvalue weighted by Crippen LogP contribution is 2.22. The summed E-state index contributed by atoms with van der Waals surface area (Å²) in [6.45, 7) is 3.68. The Morgan fingerprint density at radius 3 is 1.48 bits per heavy atom. The van der Waals surface area contributed by atoms with Gasteiger partial charge >= 0.3 is 5.97 Å². The average molecular weight is 1320 g/mol. The van der Waals surface area contributed by atoms with E-state index in [1.54, 1.807) is 12.4 Å². The topological polar surface area (TPSA) is 450 Å². The lowest BCUT2D eigenvalue weighted by Gasteiger charge is -2.29. The summed E-state index contributed by atoms with van der Waals surface area (Å²) in [5, 5.41) is 33.7. The maximum atomic E-state index is 14.6. The number of H-pyrrole nitrogens is 5. The standard InChI is InChI=1S/C64H89N19O12/c1-4-5-6-7-8-9-10-11-12-13-14-21-54(84)78-49(24-42-29-65-35-72-42)60(90)80-48(23-41-28-69-47-19-16-15-18-46(41)47)58(88)76-39(2)57(87)82-52(27-45-32-68-38-75-45)63(93)83-22-17-20-53(83)62(92)71-33-55(85)70-34-56(86)79-50(25-43-30-66-36-73-43)61(91)81-51(26-44-31-67-37-74-44)59(89)77-40(3)64(94)95/h15-16,18-19,28-32,35-40,48-53,69H,4-14,17,20-27,33-34H2,1-3H3,(H,65,72)(H,66,73)(H,67,74)(H,68,75)(H,70,85)(H,71,92)(H,76,88)(H,77,89)(H,78,84)(H,79,86)(H,80,90)(H,81,91)(H,82,87)(H,94,95)/t39-,40-,48-,49-,50-,51-,52-,53-/m0/s1. The Balaban J connectivity index is 0.944. The van der Waals surface area contributed by atoms with Gasteiger partial charge in [0.05, 0.1) is 38.4 Å². The van der Waals surface area contributed by atoms with Crippen LogP contribution in [0.15, 0.2) is 80.6 Å². The molecular weight excluding hydrogens is 1230 g/mol. The number of nitrogens with zero attached hydrogens (tertiary/aromatic N) is 5. The SMILES string of the molecule is CCCCCCCCCCCCCC(=O)N[C@@H](Cc1cnc[nH]1)C(=O)N[C@@H](Cc1c[nH]c2ccccc12)C(=O)N[C@@H](C)C(=O)N[C@@H](Cc1cnc[nH]1)C(=O)N1CCC[C@H]1C(=O)NCC(=O)NCC(=O)N[C@@H](Cc1cnc[nH]1)C(=O)N[C@@H](Cc1cnc[nH]1)C(=O)N[C@@H](C)C(=O)O. The first-order valence-corrected chi connectivity index (χ1v) is 32.5. The number of amides is 10. The molecule has 8 atom stereocenters. The quantitative estimate of drug-likeness (QED) is 0.0238. The second-order valence-corrected chi connectivity index (χ2v) is 23.9. The zero-order valence-corrected chi connectivity index (χ0v) is 53.9. The third-order valence-electron chi connectivity index (χ3n) is 16.4. The highest BCUT2D eigenvalue weighted by atomic mass is 16.4. The monoisotopic (exact) mass is 1320 g/mol. The molecule has 1 saturated heterocycles. The molecule has 6 aromatic rings. The molecule has 1 aromatic carbocycles. The van der Waals surface area contributed by atoms with Crippen LogP contribution in [0.1, 0.15) is 139 Å². The minimum absolute atomic E-state index is 0.0255. The molecule has 95 heavy (non-hydrogen) atoms. The number of likely N-dealkylation sites (tertiary alicyclic amines) is 1. The maximum Gasteiger partial charge on any atom is 0.325 e. The van der Waals surface area contributed by atoms with Gasteiger partial charge in [0.25, 0.3) is 0 Å². The van der Waals surface area contributed by atoms with Crippen LogP contribution in [-0.2, 0) is 84.8 Å². The Bertz CT molecular complexity index is 3450. The number of carbonyl (C=O) groups is 11. The van der Waals surface area contributed by atoms with Gasteiger partial charge in [0.15, 0.2) is 0 Å². The van der Waals surface area contributed by atoms with Gasteiger partial charge in [-0.3, -0.25) is 52.7 Å². The van der Waals surface area contributed by atoms with Crippen molar-refractivity contribution in [2.24, 2.45) is 0 Å². The van der Waals surface area contributed by atoms with Crippen LogP contribution >= 0.6 is 0 Å². The Kier molecular flexibility index (Phi) is 28.5. The Hall–Kier alpha value is -10.2. The van der Waals surface area contributed by atoms with Gasteiger partial charge in [0.1, 0.15) is 48.3 Å². The third-order valence-corrected chi connectivity index (χ3v) is 16.4. The van der Waals surface area contributed by atoms with Gasteiger partial charge in [-0.1, -0.05) is 89.3 Å². The molecule has 31 nitrogen and oxygen atoms in total. The van der Waals surface area contributed by atoms with Gasteiger partial charge in [0, 0.05) is 110 Å². The van der Waals surface area contributed by atoms with Crippen LogP contribution in [0, 0.1) is 0 Å². The van der Waals surface area contributed by atoms with E-state index in [1.807, 2.05) is 24.3 Å². The summed E-state index contributed by atoms with van der Waals surface area (Å²) < 4.78 is 0. The summed E-state index contributed by atoms with van der Waals surface area (Å²) in [5.74, 6) is -8.44. The van der Waals surface area contributed by atoms with E-state index in [9.17, 15) is 57.8 Å². The molecule has 0 spiro atoms. The summed E-state index contributed by atoms with van der Waals surface area (Å²) in [6, 6.07) is -2.62. The lowest BCUT2D eigenvalue weighted by Crippen LogP contribution is -2.59. The number of unbranched alkanes of at least 4 members (excludes halogenated alkanes) is 10. The lowest BCUT2D eigenvalue weighted by atomic mass is 10.0. The number of carboxylic acid groups (broad SMARTS) is 1. The molecule has 1 aliphatic heterocycles. The molecular formula is C64H89N19O12. The number of para-hydroxylation sites is 1. The number of aromatic amines is 5. The van der Waals surface area contributed by atoms with E-state index < -0.39 is 121 Å². The predicted octanol–water partition coefficient (Wildman–Crippen LogP) is 1.02. The highest BCUT2D eigenvalue weighted by molar-refractivity contribution is 5.98. The zero-order valence-electron chi connectivity index (χ0n) is 53.9. The molecule has 5 aromatic heterocycles. The molecule has 0 saturated carbocycles. The van der Waals surface area contributed by atoms with Crippen molar-refractivity contribution in [1.82, 2.24) is 97.6 Å². The van der Waals surface area contributed by atoms with E-state index >= 15 is 0 Å². The van der Waals surface area contributed by atoms with Crippen LogP contribution < -0.4 is 47.9 Å². The number of carboxylic acids is 1. The number of carbonyl (C=O) groups excluding carboxylic acids is 10. The second-order valence-electron chi connectivity index (χ2n) is 23.9. The second kappa shape index (κ2) is 37.5. The molecule has 0 aliphatic carbocycles. The minimum Gasteiger partial charge on any atom is -0.480 e. The molecule has 15 N–H and O–H groups in total. The zero-order chi connectivity index (χ0) is 68.1. The first-order valence-electron chi connectivity index (χ1n) is 32.5. The van der Waals surface area contributed by atoms with Crippen molar-refractivity contribution in [1.29, 1.82) is 0 Å². The molecule has 1 aliphatic rings. The number of hydrogen-bond acceptors (Lipinski definition) is 15. The van der Waals surface area contributed by atoms with Crippen LogP contribution in [0.5, 0.6) is 0 Å². The number of nitrogens with one attached hydrogen (secondary N) is 14. The van der Waals surface area contributed by atoms with Crippen LogP contribution in [-0.4, -0.2) is 188 Å². The van der Waals surface area contributed by atoms with Gasteiger partial charge in [-0.25, -0.2) is 19.9 Å². The van der Waals surface area contributed by atoms with Crippen molar-refractivity contribution in [3.63, 3.8) is 0 Å². The molecule has 1 fully saturated rings. The molecule has 6 heterocycles. The van der Waals surface area contributed by atoms with Crippen molar-refractivity contribution in [2.45, 2.75) is 191 Å². The number of aromatic nitrogens is 9. The molecule has 0 radical (unpaired) electrons. The van der Waals surface area contributed by atoms with E-state index in [0.29, 0.717) is 41.2 Å². The number of benzene rings is 1. The first-order chi connectivity index (χ1) is 45.8. The molecule has 0 bridgehead atoms. The highest BCUT2D eigenvalue weighted by Gasteiger charge is 2.39. The van der Waals surface area contributed by atoms with E-state index in [4.69, 9.17) is 0 Å². The third kappa shape index (κ3) is 23.4. The molecule has 10 amide bonds. The summed E-state index contributed by atoms with van der Waals surface area (Å²) in [6.07, 6.45) is 25.8. The van der Waals surface area contributed by atoms with Crippen LogP contribution in [0.4, 0.5) is 0 Å². The summed E-state index contributed by atoms with van der Waals surface area (Å²) in [5.41, 5.74) is 3.36. The lowest BCUT2D eigenvalue weighted by molar-refractivity contribution is -0.142. The van der Waals surface area contributed by atoms with Crippen LogP contribution in [0.3, 0.4) is 0 Å². The Morgan fingerprint density at radius 1 is 0.505 bits per heavy atom. The first kappa shape index (κ1) is 72.2. The Labute approximate surface area is 549 Å². The van der Waals surface area contributed by atoms with Crippen LogP contribution in [0.25, 0.3) is 10.9 Å². The number of aliphatic carboxylic acids is 1. The van der Waals surface area contributed by atoms with Crippen molar-refractivity contribution in [3.8, 4) is 0 Å². The summed E-state index contributed by atoms with van der Waals surface area (Å²) in [4.78, 5) is 182. The van der Waals surface area contributed by atoms with Gasteiger partial charge in [-0.15, -0.1) is 0 Å². The number of imidazole rings is 4. The van der Waals surface area contributed by atoms with Gasteiger partial charge in [-0.2, -0.15) is 0 Å². The number of hydrogen-bond donors (Lipinski definition) is 15. The summed E-state index contributed by atoms with van der Waals surface area (Å²) >= 11 is 0. The van der Waals surface area contributed by atoms with Gasteiger partial charge < -0.3 is 82.8 Å². The van der Waals surface area contributed by atoms with Gasteiger partial charge in [-0.05, 0) is 44.7 Å². The van der Waals surface area contributed by atoms with Crippen molar-refractivity contribution in [3.05, 3.63) is 109 Å². The van der Waals surface area contributed by atoms with E-state index in [0.717, 1.165) is 36.6 Å². The van der Waals surface area contributed by atoms with E-state index in [1.165, 1.54) is 101 Å². The average Bonchev–Trinajstić information content (AvgIpc) is 1.76. The van der Waals surface area contributed by atoms with Crippen molar-refractivity contribution in [2.75, 3.05) is 19.6 Å². The van der Waals surface area contributed by atoms with E-state index in [2.05, 4.69) is 99.6 Å². The van der Waals surface area contributed by atoms with Crippen molar-refractivity contribution < 1.29 is 57.8 Å². The van der Waals surface area contributed by atoms with Crippen LogP contribution in [0.2, 0.25) is 0 Å². The minimum atomic E-state index is -1.34. The molecule has 512 valence electrons. The fourth-order valence-electron chi connectivity index (χ4n) is 11.1. The molecule has 7 rings (SSSR count). The van der Waals surface area contributed by atoms with Crippen molar-refractivity contribution >= 4 is 75.9 Å². The largest absolute Gasteiger partial charge is 0.480 e. The Morgan fingerprint density at radius 2 is 0.958 bits per heavy atom. The summed E-state index contributed by atoms with van der Waals surface area (Å²) in [7, 11) is 0. The smallest absolute Gasteiger partial charge is 0.325 e. The fourth-order valence-corrected chi connectivity index (χ4v) is 11.1. The predicted molar refractivity (Wildman–Crippen MR) is 346 cm³/mol. The maximum absolute atomic E-state index is 14.6. The molecule has 31 heteroatoms. The normalized spacial score (nSPS) is 15.0. The molecule has 0 unspecified atom stereocenters. The number of fused-ring (bicyclic) bond motifs is 1. The van der Waals surface area contributed by atoms with E-state index in [-0.39, 0.29) is 57.4 Å². The fraction of sp³-hybridized carbons (Fsp3) is 0.516. The van der Waals surface area contributed by atoms with Gasteiger partial charge in [0.2, 0.25) is 59.1 Å². The number of rotatable bonds is 41.